The van der Waals surface area contributed by atoms with Gasteiger partial charge in [0.25, 0.3) is 0 Å². The maximum absolute atomic E-state index is 13.2. The average molecular weight is 822 g/mol. The van der Waals surface area contributed by atoms with Crippen molar-refractivity contribution >= 4 is 17.9 Å². The predicted octanol–water partition coefficient (Wildman–Crippen LogP) is 14.8. The van der Waals surface area contributed by atoms with Crippen LogP contribution in [0.4, 0.5) is 0 Å². The summed E-state index contributed by atoms with van der Waals surface area (Å²) in [5, 5.41) is 0. The molecule has 344 valence electrons. The Kier molecular flexibility index (Phi) is 40.9. The van der Waals surface area contributed by atoms with Crippen molar-refractivity contribution in [2.24, 2.45) is 17.8 Å². The van der Waals surface area contributed by atoms with Crippen LogP contribution in [0.3, 0.4) is 0 Å². The summed E-state index contributed by atoms with van der Waals surface area (Å²) in [7, 11) is 2.13. The Bertz CT molecular complexity index is 853. The molecule has 7 nitrogen and oxygen atoms in total. The van der Waals surface area contributed by atoms with Crippen molar-refractivity contribution in [3.63, 3.8) is 0 Å². The van der Waals surface area contributed by atoms with Crippen molar-refractivity contribution in [3.8, 4) is 0 Å². The third-order valence-corrected chi connectivity index (χ3v) is 12.3. The van der Waals surface area contributed by atoms with Crippen molar-refractivity contribution in [1.82, 2.24) is 4.90 Å². The number of carbonyl (C=O) groups excluding carboxylic acids is 3. The summed E-state index contributed by atoms with van der Waals surface area (Å²) < 4.78 is 17.0. The largest absolute Gasteiger partial charge is 0.466 e. The Morgan fingerprint density at radius 2 is 0.741 bits per heavy atom. The molecule has 7 heteroatoms. The molecule has 0 saturated carbocycles. The van der Waals surface area contributed by atoms with Gasteiger partial charge in [0.2, 0.25) is 0 Å². The second-order valence-corrected chi connectivity index (χ2v) is 18.2. The zero-order valence-electron chi connectivity index (χ0n) is 39.9. The molecule has 0 aliphatic heterocycles. The van der Waals surface area contributed by atoms with Gasteiger partial charge < -0.3 is 19.1 Å². The van der Waals surface area contributed by atoms with Crippen LogP contribution in [0.15, 0.2) is 0 Å². The molecule has 0 aromatic rings. The summed E-state index contributed by atoms with van der Waals surface area (Å²) >= 11 is 0. The maximum Gasteiger partial charge on any atom is 0.308 e. The fourth-order valence-corrected chi connectivity index (χ4v) is 7.98. The molecule has 0 aromatic carbocycles. The summed E-state index contributed by atoms with van der Waals surface area (Å²) in [6, 6.07) is 0.499. The molecule has 58 heavy (non-hydrogen) atoms. The quantitative estimate of drug-likeness (QED) is 0.0344. The lowest BCUT2D eigenvalue weighted by Gasteiger charge is -2.21. The van der Waals surface area contributed by atoms with Crippen molar-refractivity contribution in [1.29, 1.82) is 0 Å². The van der Waals surface area contributed by atoms with Crippen LogP contribution in [0.25, 0.3) is 0 Å². The number of hydrogen-bond acceptors (Lipinski definition) is 7. The molecule has 0 saturated heterocycles. The predicted molar refractivity (Wildman–Crippen MR) is 246 cm³/mol. The highest BCUT2D eigenvalue weighted by Crippen LogP contribution is 2.23. The molecule has 0 heterocycles. The molecule has 0 bridgehead atoms. The van der Waals surface area contributed by atoms with E-state index in [0.717, 1.165) is 90.0 Å². The first-order chi connectivity index (χ1) is 28.2. The van der Waals surface area contributed by atoms with Gasteiger partial charge in [0, 0.05) is 25.4 Å². The number of nitrogens with zero attached hydrogens (tertiary/aromatic N) is 1. The number of ether oxygens (including phenoxy) is 3. The Balaban J connectivity index is 4.27. The van der Waals surface area contributed by atoms with Crippen molar-refractivity contribution in [2.75, 3.05) is 33.4 Å². The van der Waals surface area contributed by atoms with Gasteiger partial charge in [0.05, 0.1) is 25.7 Å². The van der Waals surface area contributed by atoms with Crippen molar-refractivity contribution in [3.05, 3.63) is 0 Å². The van der Waals surface area contributed by atoms with Crippen LogP contribution in [0.1, 0.15) is 253 Å². The summed E-state index contributed by atoms with van der Waals surface area (Å²) in [6.07, 6.45) is 36.6. The van der Waals surface area contributed by atoms with Gasteiger partial charge in [-0.15, -0.1) is 0 Å². The van der Waals surface area contributed by atoms with E-state index in [1.807, 2.05) is 0 Å². The minimum atomic E-state index is 0.000826. The number of rotatable bonds is 44. The molecule has 0 unspecified atom stereocenters. The Hall–Kier alpha value is -1.63. The molecule has 0 atom stereocenters. The number of hydrogen-bond donors (Lipinski definition) is 0. The van der Waals surface area contributed by atoms with Gasteiger partial charge in [-0.2, -0.15) is 0 Å². The number of unbranched alkanes of at least 4 members (excludes halogenated alkanes) is 18. The van der Waals surface area contributed by atoms with Gasteiger partial charge in [-0.25, -0.2) is 0 Å². The Labute approximate surface area is 361 Å². The summed E-state index contributed by atoms with van der Waals surface area (Å²) in [5.74, 6) is 1.03. The first-order valence-electron chi connectivity index (χ1n) is 25.4. The van der Waals surface area contributed by atoms with Gasteiger partial charge in [0.1, 0.15) is 0 Å². The second kappa shape index (κ2) is 42.1. The van der Waals surface area contributed by atoms with E-state index in [1.54, 1.807) is 0 Å². The monoisotopic (exact) mass is 822 g/mol. The van der Waals surface area contributed by atoms with Crippen LogP contribution in [0.2, 0.25) is 0 Å². The van der Waals surface area contributed by atoms with Gasteiger partial charge in [-0.3, -0.25) is 14.4 Å². The zero-order valence-corrected chi connectivity index (χ0v) is 39.9. The van der Waals surface area contributed by atoms with Crippen LogP contribution in [-0.4, -0.2) is 62.3 Å². The molecular formula is C51H99NO6. The van der Waals surface area contributed by atoms with E-state index in [0.29, 0.717) is 50.5 Å². The van der Waals surface area contributed by atoms with E-state index in [-0.39, 0.29) is 23.8 Å². The van der Waals surface area contributed by atoms with E-state index in [9.17, 15) is 14.4 Å². The normalized spacial score (nSPS) is 11.8. The van der Waals surface area contributed by atoms with Crippen LogP contribution in [0.5, 0.6) is 0 Å². The molecule has 0 fully saturated rings. The average Bonchev–Trinajstić information content (AvgIpc) is 3.21. The Morgan fingerprint density at radius 3 is 1.09 bits per heavy atom. The molecular weight excluding hydrogens is 723 g/mol. The van der Waals surface area contributed by atoms with Crippen molar-refractivity contribution in [2.45, 2.75) is 259 Å². The lowest BCUT2D eigenvalue weighted by Crippen LogP contribution is -2.28. The first kappa shape index (κ1) is 56.4. The third kappa shape index (κ3) is 36.2. The highest BCUT2D eigenvalue weighted by atomic mass is 16.5. The minimum absolute atomic E-state index is 0.000826. The molecule has 0 aromatic heterocycles. The SMILES string of the molecule is CCCCC(CCCC)CC(=O)OCCCCCCCCCCC(CCCCCCCCCCOC(=O)CC(CCCC)CCCC)C(=O)OCCCN(C)C(C)C. The smallest absolute Gasteiger partial charge is 0.308 e. The fraction of sp³-hybridized carbons (Fsp3) is 0.941. The van der Waals surface area contributed by atoms with Crippen LogP contribution in [-0.2, 0) is 28.6 Å². The van der Waals surface area contributed by atoms with Gasteiger partial charge in [-0.05, 0) is 90.5 Å². The van der Waals surface area contributed by atoms with Gasteiger partial charge >= 0.3 is 17.9 Å². The molecule has 0 spiro atoms. The summed E-state index contributed by atoms with van der Waals surface area (Å²) in [4.78, 5) is 40.2. The zero-order chi connectivity index (χ0) is 42.9. The van der Waals surface area contributed by atoms with Crippen LogP contribution >= 0.6 is 0 Å². The standard InChI is InChI=1S/C51H99NO6/c1-8-12-33-46(34-13-9-2)43-49(53)56-40-30-26-22-18-16-20-24-28-37-48(51(55)58-42-32-39-52(7)45(5)6)38-29-25-21-17-19-23-27-31-41-57-50(54)44-47(35-14-10-3)36-15-11-4/h45-48H,8-44H2,1-7H3. The molecule has 0 aliphatic rings. The first-order valence-corrected chi connectivity index (χ1v) is 25.4. The summed E-state index contributed by atoms with van der Waals surface area (Å²) in [5.41, 5.74) is 0. The molecule has 0 rings (SSSR count). The lowest BCUT2D eigenvalue weighted by molar-refractivity contribution is -0.149. The molecule has 0 aliphatic carbocycles. The summed E-state index contributed by atoms with van der Waals surface area (Å²) in [6.45, 7) is 15.9. The van der Waals surface area contributed by atoms with Crippen molar-refractivity contribution < 1.29 is 28.6 Å². The highest BCUT2D eigenvalue weighted by Gasteiger charge is 2.20. The fourth-order valence-electron chi connectivity index (χ4n) is 7.98. The highest BCUT2D eigenvalue weighted by molar-refractivity contribution is 5.72. The Morgan fingerprint density at radius 1 is 0.414 bits per heavy atom. The van der Waals surface area contributed by atoms with E-state index in [4.69, 9.17) is 14.2 Å². The van der Waals surface area contributed by atoms with Crippen LogP contribution in [0, 0.1) is 17.8 Å². The molecule has 0 amide bonds. The van der Waals surface area contributed by atoms with E-state index in [1.165, 1.54) is 116 Å². The minimum Gasteiger partial charge on any atom is -0.466 e. The number of carbonyl (C=O) groups is 3. The van der Waals surface area contributed by atoms with E-state index >= 15 is 0 Å². The second-order valence-electron chi connectivity index (χ2n) is 18.2. The lowest BCUT2D eigenvalue weighted by atomic mass is 9.93. The third-order valence-electron chi connectivity index (χ3n) is 12.3. The molecule has 0 radical (unpaired) electrons. The number of esters is 3. The van der Waals surface area contributed by atoms with Gasteiger partial charge in [0.15, 0.2) is 0 Å². The maximum atomic E-state index is 13.2. The van der Waals surface area contributed by atoms with Gasteiger partial charge in [-0.1, -0.05) is 169 Å². The van der Waals surface area contributed by atoms with E-state index < -0.39 is 0 Å². The topological polar surface area (TPSA) is 82.1 Å². The van der Waals surface area contributed by atoms with Crippen LogP contribution < -0.4 is 0 Å². The van der Waals surface area contributed by atoms with E-state index in [2.05, 4.69) is 53.5 Å². The molecule has 0 N–H and O–H groups in total.